The van der Waals surface area contributed by atoms with Crippen LogP contribution in [0.25, 0.3) is 0 Å². The number of carbonyl (C=O) groups excluding carboxylic acids is 1. The number of likely N-dealkylation sites (tertiary alicyclic amines) is 1. The molecule has 2 aliphatic heterocycles. The van der Waals surface area contributed by atoms with Gasteiger partial charge in [0.1, 0.15) is 11.5 Å². The molecule has 0 aliphatic carbocycles. The van der Waals surface area contributed by atoms with E-state index in [4.69, 9.17) is 9.15 Å². The second kappa shape index (κ2) is 6.93. The second-order valence-corrected chi connectivity index (χ2v) is 6.70. The number of aromatic nitrogens is 2. The first-order chi connectivity index (χ1) is 12.2. The highest BCUT2D eigenvalue weighted by atomic mass is 16.5. The molecule has 7 heteroatoms. The van der Waals surface area contributed by atoms with Gasteiger partial charge in [-0.05, 0) is 25.0 Å². The SMILES string of the molecule is O=C(c1cnccn1)N1CCOC2(CCN(Cc3ccco3)CC2)C1. The fraction of sp³-hybridized carbons (Fsp3) is 0.500. The van der Waals surface area contributed by atoms with Crippen molar-refractivity contribution >= 4 is 5.91 Å². The fourth-order valence-electron chi connectivity index (χ4n) is 3.63. The van der Waals surface area contributed by atoms with E-state index in [1.807, 2.05) is 17.0 Å². The summed E-state index contributed by atoms with van der Waals surface area (Å²) in [6.07, 6.45) is 8.19. The van der Waals surface area contributed by atoms with E-state index in [2.05, 4.69) is 14.9 Å². The van der Waals surface area contributed by atoms with Crippen LogP contribution in [-0.2, 0) is 11.3 Å². The van der Waals surface area contributed by atoms with Gasteiger partial charge in [0.05, 0.1) is 37.8 Å². The maximum atomic E-state index is 12.6. The summed E-state index contributed by atoms with van der Waals surface area (Å²) in [6.45, 7) is 4.50. The van der Waals surface area contributed by atoms with Gasteiger partial charge in [-0.1, -0.05) is 0 Å². The standard InChI is InChI=1S/C18H22N4O3/c23-17(16-12-19-5-6-20-16)22-9-11-25-18(14-22)3-7-21(8-4-18)13-15-2-1-10-24-15/h1-2,5-6,10,12H,3-4,7-9,11,13-14H2. The Balaban J connectivity index is 1.37. The number of carbonyl (C=O) groups is 1. The van der Waals surface area contributed by atoms with Crippen LogP contribution in [0.15, 0.2) is 41.4 Å². The molecular weight excluding hydrogens is 320 g/mol. The normalized spacial score (nSPS) is 20.7. The summed E-state index contributed by atoms with van der Waals surface area (Å²) in [5.41, 5.74) is 0.158. The number of hydrogen-bond donors (Lipinski definition) is 0. The maximum Gasteiger partial charge on any atom is 0.274 e. The molecule has 2 aromatic heterocycles. The lowest BCUT2D eigenvalue weighted by molar-refractivity contribution is -0.128. The summed E-state index contributed by atoms with van der Waals surface area (Å²) < 4.78 is 11.6. The highest BCUT2D eigenvalue weighted by molar-refractivity contribution is 5.92. The summed E-state index contributed by atoms with van der Waals surface area (Å²) in [5, 5.41) is 0. The highest BCUT2D eigenvalue weighted by Crippen LogP contribution is 2.31. The first kappa shape index (κ1) is 16.2. The minimum atomic E-state index is -0.240. The third-order valence-corrected chi connectivity index (χ3v) is 5.04. The Morgan fingerprint density at radius 1 is 1.24 bits per heavy atom. The molecule has 2 aliphatic rings. The van der Waals surface area contributed by atoms with E-state index >= 15 is 0 Å². The van der Waals surface area contributed by atoms with Crippen LogP contribution in [-0.4, -0.2) is 64.1 Å². The van der Waals surface area contributed by atoms with E-state index in [1.54, 1.807) is 18.7 Å². The Bertz CT molecular complexity index is 696. The van der Waals surface area contributed by atoms with Crippen molar-refractivity contribution in [3.63, 3.8) is 0 Å². The van der Waals surface area contributed by atoms with E-state index in [9.17, 15) is 4.79 Å². The number of morpholine rings is 1. The van der Waals surface area contributed by atoms with Crippen molar-refractivity contribution in [2.24, 2.45) is 0 Å². The number of hydrogen-bond acceptors (Lipinski definition) is 6. The first-order valence-corrected chi connectivity index (χ1v) is 8.68. The average Bonchev–Trinajstić information content (AvgIpc) is 3.17. The summed E-state index contributed by atoms with van der Waals surface area (Å²) in [5.74, 6) is 0.925. The summed E-state index contributed by atoms with van der Waals surface area (Å²) in [4.78, 5) is 25.0. The highest BCUT2D eigenvalue weighted by Gasteiger charge is 2.41. The smallest absolute Gasteiger partial charge is 0.274 e. The predicted molar refractivity (Wildman–Crippen MR) is 89.8 cm³/mol. The number of amides is 1. The van der Waals surface area contributed by atoms with Crippen molar-refractivity contribution < 1.29 is 13.9 Å². The topological polar surface area (TPSA) is 71.7 Å². The van der Waals surface area contributed by atoms with Crippen molar-refractivity contribution in [3.8, 4) is 0 Å². The van der Waals surface area contributed by atoms with Gasteiger partial charge in [0, 0.05) is 32.0 Å². The molecule has 0 radical (unpaired) electrons. The van der Waals surface area contributed by atoms with E-state index in [1.165, 1.54) is 6.20 Å². The Morgan fingerprint density at radius 2 is 2.12 bits per heavy atom. The van der Waals surface area contributed by atoms with Crippen LogP contribution in [0.1, 0.15) is 29.1 Å². The molecule has 2 aromatic rings. The lowest BCUT2D eigenvalue weighted by Crippen LogP contribution is -2.58. The van der Waals surface area contributed by atoms with Crippen LogP contribution in [0.4, 0.5) is 0 Å². The molecule has 2 fully saturated rings. The minimum absolute atomic E-state index is 0.0613. The van der Waals surface area contributed by atoms with Gasteiger partial charge in [0.25, 0.3) is 5.91 Å². The second-order valence-electron chi connectivity index (χ2n) is 6.70. The zero-order chi connectivity index (χ0) is 17.1. The molecule has 132 valence electrons. The number of piperidine rings is 1. The quantitative estimate of drug-likeness (QED) is 0.843. The molecule has 1 spiro atoms. The summed E-state index contributed by atoms with van der Waals surface area (Å²) >= 11 is 0. The Kier molecular flexibility index (Phi) is 4.50. The molecule has 1 amide bonds. The molecule has 2 saturated heterocycles. The van der Waals surface area contributed by atoms with Gasteiger partial charge in [-0.2, -0.15) is 0 Å². The van der Waals surface area contributed by atoms with E-state index < -0.39 is 0 Å². The van der Waals surface area contributed by atoms with Crippen molar-refractivity contribution in [3.05, 3.63) is 48.4 Å². The zero-order valence-corrected chi connectivity index (χ0v) is 14.1. The van der Waals surface area contributed by atoms with Gasteiger partial charge in [0.15, 0.2) is 0 Å². The van der Waals surface area contributed by atoms with Gasteiger partial charge in [0.2, 0.25) is 0 Å². The molecule has 0 atom stereocenters. The van der Waals surface area contributed by atoms with Crippen molar-refractivity contribution in [2.45, 2.75) is 25.0 Å². The number of ether oxygens (including phenoxy) is 1. The Morgan fingerprint density at radius 3 is 2.84 bits per heavy atom. The van der Waals surface area contributed by atoms with Crippen molar-refractivity contribution in [1.82, 2.24) is 19.8 Å². The van der Waals surface area contributed by atoms with Crippen molar-refractivity contribution in [1.29, 1.82) is 0 Å². The van der Waals surface area contributed by atoms with Crippen LogP contribution in [0.3, 0.4) is 0 Å². The Labute approximate surface area is 146 Å². The zero-order valence-electron chi connectivity index (χ0n) is 14.1. The Hall–Kier alpha value is -2.25. The van der Waals surface area contributed by atoms with E-state index in [0.29, 0.717) is 25.4 Å². The molecule has 7 nitrogen and oxygen atoms in total. The number of furan rings is 1. The lowest BCUT2D eigenvalue weighted by atomic mass is 9.89. The van der Waals surface area contributed by atoms with E-state index in [0.717, 1.165) is 38.2 Å². The molecule has 4 rings (SSSR count). The van der Waals surface area contributed by atoms with Gasteiger partial charge >= 0.3 is 0 Å². The van der Waals surface area contributed by atoms with Gasteiger partial charge in [-0.25, -0.2) is 4.98 Å². The number of nitrogens with zero attached hydrogens (tertiary/aromatic N) is 4. The largest absolute Gasteiger partial charge is 0.468 e. The van der Waals surface area contributed by atoms with Gasteiger partial charge in [-0.15, -0.1) is 0 Å². The lowest BCUT2D eigenvalue weighted by Gasteiger charge is -2.47. The summed E-state index contributed by atoms with van der Waals surface area (Å²) in [6, 6.07) is 3.92. The third kappa shape index (κ3) is 3.57. The van der Waals surface area contributed by atoms with Crippen LogP contribution in [0.5, 0.6) is 0 Å². The van der Waals surface area contributed by atoms with E-state index in [-0.39, 0.29) is 11.5 Å². The molecule has 25 heavy (non-hydrogen) atoms. The molecule has 0 N–H and O–H groups in total. The minimum Gasteiger partial charge on any atom is -0.468 e. The van der Waals surface area contributed by atoms with Crippen LogP contribution >= 0.6 is 0 Å². The first-order valence-electron chi connectivity index (χ1n) is 8.68. The fourth-order valence-corrected chi connectivity index (χ4v) is 3.63. The molecule has 4 heterocycles. The maximum absolute atomic E-state index is 12.6. The van der Waals surface area contributed by atoms with Gasteiger partial charge in [-0.3, -0.25) is 14.7 Å². The molecule has 0 unspecified atom stereocenters. The monoisotopic (exact) mass is 342 g/mol. The van der Waals surface area contributed by atoms with Gasteiger partial charge < -0.3 is 14.1 Å². The molecule has 0 aromatic carbocycles. The van der Waals surface area contributed by atoms with Crippen LogP contribution < -0.4 is 0 Å². The van der Waals surface area contributed by atoms with Crippen LogP contribution in [0.2, 0.25) is 0 Å². The molecule has 0 saturated carbocycles. The molecule has 0 bridgehead atoms. The number of rotatable bonds is 3. The predicted octanol–water partition coefficient (Wildman–Crippen LogP) is 1.58. The third-order valence-electron chi connectivity index (χ3n) is 5.04. The summed E-state index contributed by atoms with van der Waals surface area (Å²) in [7, 11) is 0. The van der Waals surface area contributed by atoms with Crippen molar-refractivity contribution in [2.75, 3.05) is 32.8 Å². The molecular formula is C18H22N4O3. The average molecular weight is 342 g/mol. The van der Waals surface area contributed by atoms with Crippen LogP contribution in [0, 0.1) is 0 Å².